The van der Waals surface area contributed by atoms with Crippen molar-refractivity contribution < 1.29 is 8.76 Å². The van der Waals surface area contributed by atoms with Crippen LogP contribution in [0.1, 0.15) is 29.7 Å². The predicted octanol–water partition coefficient (Wildman–Crippen LogP) is 1.99. The van der Waals surface area contributed by atoms with Crippen molar-refractivity contribution in [3.63, 3.8) is 0 Å². The number of hydrogen-bond donors (Lipinski definition) is 1. The van der Waals surface area contributed by atoms with Crippen LogP contribution in [0.2, 0.25) is 0 Å². The summed E-state index contributed by atoms with van der Waals surface area (Å²) < 4.78 is 19.0. The van der Waals surface area contributed by atoms with Gasteiger partial charge in [0.1, 0.15) is 0 Å². The van der Waals surface area contributed by atoms with E-state index in [1.807, 2.05) is 0 Å². The van der Waals surface area contributed by atoms with Gasteiger partial charge in [0.2, 0.25) is 0 Å². The number of thiazole rings is 1. The van der Waals surface area contributed by atoms with Gasteiger partial charge in [-0.1, -0.05) is 13.8 Å². The molecule has 0 amide bonds. The molecule has 12 heavy (non-hydrogen) atoms. The zero-order chi connectivity index (χ0) is 9.14. The molecule has 1 aromatic rings. The fraction of sp³-hybridized carbons (Fsp3) is 0.571. The highest BCUT2D eigenvalue weighted by Gasteiger charge is 2.06. The summed E-state index contributed by atoms with van der Waals surface area (Å²) in [4.78, 5) is 5.02. The quantitative estimate of drug-likeness (QED) is 0.768. The second-order valence-electron chi connectivity index (χ2n) is 2.79. The van der Waals surface area contributed by atoms with Gasteiger partial charge in [-0.15, -0.1) is 11.3 Å². The molecule has 0 spiro atoms. The maximum atomic E-state index is 10.4. The Morgan fingerprint density at radius 3 is 2.83 bits per heavy atom. The van der Waals surface area contributed by atoms with Gasteiger partial charge in [0.05, 0.1) is 10.8 Å². The lowest BCUT2D eigenvalue weighted by atomic mass is 10.2. The summed E-state index contributed by atoms with van der Waals surface area (Å²) in [5.74, 6) is 0.598. The summed E-state index contributed by atoms with van der Waals surface area (Å²) >= 11 is -0.241. The normalized spacial score (nSPS) is 13.7. The Kier molecular flexibility index (Phi) is 3.37. The second-order valence-corrected chi connectivity index (χ2v) is 4.86. The molecule has 0 saturated heterocycles. The van der Waals surface area contributed by atoms with Crippen molar-refractivity contribution >= 4 is 22.4 Å². The minimum atomic E-state index is -1.75. The third-order valence-electron chi connectivity index (χ3n) is 1.33. The van der Waals surface area contributed by atoms with E-state index >= 15 is 0 Å². The molecule has 0 aliphatic carbocycles. The molecular formula is C7H11NO2S2. The molecule has 0 radical (unpaired) electrons. The van der Waals surface area contributed by atoms with Gasteiger partial charge >= 0.3 is 0 Å². The van der Waals surface area contributed by atoms with Crippen LogP contribution in [0.15, 0.2) is 6.20 Å². The highest BCUT2D eigenvalue weighted by atomic mass is 32.2. The van der Waals surface area contributed by atoms with Crippen molar-refractivity contribution in [3.05, 3.63) is 16.1 Å². The van der Waals surface area contributed by atoms with Gasteiger partial charge in [0.25, 0.3) is 0 Å². The van der Waals surface area contributed by atoms with E-state index in [9.17, 15) is 4.21 Å². The zero-order valence-electron chi connectivity index (χ0n) is 6.98. The van der Waals surface area contributed by atoms with Gasteiger partial charge in [-0.3, -0.25) is 0 Å². The SMILES string of the molecule is CC(C)c1ncc(CS(=O)O)s1. The molecule has 3 nitrogen and oxygen atoms in total. The molecule has 0 fully saturated rings. The van der Waals surface area contributed by atoms with E-state index in [1.165, 1.54) is 11.3 Å². The number of rotatable bonds is 3. The lowest BCUT2D eigenvalue weighted by molar-refractivity contribution is 0.564. The molecule has 1 aromatic heterocycles. The van der Waals surface area contributed by atoms with Gasteiger partial charge in [-0.05, 0) is 0 Å². The largest absolute Gasteiger partial charge is 0.306 e. The molecule has 5 heteroatoms. The maximum absolute atomic E-state index is 10.4. The zero-order valence-corrected chi connectivity index (χ0v) is 8.61. The van der Waals surface area contributed by atoms with Crippen LogP contribution in [0.3, 0.4) is 0 Å². The van der Waals surface area contributed by atoms with Crippen LogP contribution in [0.5, 0.6) is 0 Å². The summed E-state index contributed by atoms with van der Waals surface area (Å²) in [5, 5.41) is 1.02. The van der Waals surface area contributed by atoms with Crippen LogP contribution in [0.25, 0.3) is 0 Å². The summed E-state index contributed by atoms with van der Waals surface area (Å²) in [6.45, 7) is 4.11. The Hall–Kier alpha value is -0.260. The summed E-state index contributed by atoms with van der Waals surface area (Å²) in [7, 11) is 0. The molecule has 1 heterocycles. The number of nitrogens with zero attached hydrogens (tertiary/aromatic N) is 1. The van der Waals surface area contributed by atoms with Crippen LogP contribution >= 0.6 is 11.3 Å². The highest BCUT2D eigenvalue weighted by Crippen LogP contribution is 2.21. The molecule has 68 valence electrons. The van der Waals surface area contributed by atoms with Crippen molar-refractivity contribution in [1.29, 1.82) is 0 Å². The third kappa shape index (κ3) is 2.66. The molecule has 0 aromatic carbocycles. The van der Waals surface area contributed by atoms with Crippen LogP contribution < -0.4 is 0 Å². The Morgan fingerprint density at radius 2 is 2.42 bits per heavy atom. The van der Waals surface area contributed by atoms with E-state index in [0.717, 1.165) is 9.88 Å². The first-order valence-corrected chi connectivity index (χ1v) is 5.71. The standard InChI is InChI=1S/C7H11NO2S2/c1-5(2)7-8-3-6(11-7)4-12(9)10/h3,5H,4H2,1-2H3,(H,9,10). The van der Waals surface area contributed by atoms with Crippen LogP contribution in [0.4, 0.5) is 0 Å². The molecule has 1 unspecified atom stereocenters. The average Bonchev–Trinajstić information content (AvgIpc) is 2.34. The first kappa shape index (κ1) is 9.83. The third-order valence-corrected chi connectivity index (χ3v) is 3.37. The molecule has 0 bridgehead atoms. The minimum Gasteiger partial charge on any atom is -0.306 e. The van der Waals surface area contributed by atoms with Crippen molar-refractivity contribution in [2.75, 3.05) is 0 Å². The fourth-order valence-electron chi connectivity index (χ4n) is 0.778. The van der Waals surface area contributed by atoms with Gasteiger partial charge < -0.3 is 4.55 Å². The van der Waals surface area contributed by atoms with Crippen LogP contribution in [-0.2, 0) is 16.8 Å². The van der Waals surface area contributed by atoms with Crippen LogP contribution in [0, 0.1) is 0 Å². The lowest BCUT2D eigenvalue weighted by Crippen LogP contribution is -1.88. The molecule has 0 aliphatic rings. The van der Waals surface area contributed by atoms with Crippen molar-refractivity contribution in [2.24, 2.45) is 0 Å². The van der Waals surface area contributed by atoms with E-state index in [2.05, 4.69) is 18.8 Å². The topological polar surface area (TPSA) is 50.2 Å². The molecule has 1 N–H and O–H groups in total. The first-order valence-electron chi connectivity index (χ1n) is 3.61. The highest BCUT2D eigenvalue weighted by molar-refractivity contribution is 7.78. The molecule has 1 rings (SSSR count). The van der Waals surface area contributed by atoms with Gasteiger partial charge in [0, 0.05) is 17.0 Å². The number of hydrogen-bond acceptors (Lipinski definition) is 3. The predicted molar refractivity (Wildman–Crippen MR) is 50.7 cm³/mol. The summed E-state index contributed by atoms with van der Waals surface area (Å²) in [6.07, 6.45) is 1.67. The van der Waals surface area contributed by atoms with Crippen molar-refractivity contribution in [3.8, 4) is 0 Å². The van der Waals surface area contributed by atoms with E-state index in [0.29, 0.717) is 5.92 Å². The number of aromatic nitrogens is 1. The Morgan fingerprint density at radius 1 is 1.75 bits per heavy atom. The molecular weight excluding hydrogens is 194 g/mol. The molecule has 0 saturated carbocycles. The monoisotopic (exact) mass is 205 g/mol. The fourth-order valence-corrected chi connectivity index (χ4v) is 2.35. The maximum Gasteiger partial charge on any atom is 0.158 e. The van der Waals surface area contributed by atoms with Gasteiger partial charge in [0.15, 0.2) is 11.1 Å². The summed E-state index contributed by atoms with van der Waals surface area (Å²) in [6, 6.07) is 0. The van der Waals surface area contributed by atoms with Crippen LogP contribution in [-0.4, -0.2) is 13.7 Å². The van der Waals surface area contributed by atoms with E-state index in [4.69, 9.17) is 4.55 Å². The van der Waals surface area contributed by atoms with Crippen molar-refractivity contribution in [2.45, 2.75) is 25.5 Å². The Labute approximate surface area is 78.1 Å². The second kappa shape index (κ2) is 4.11. The summed E-state index contributed by atoms with van der Waals surface area (Å²) in [5.41, 5.74) is 0. The smallest absolute Gasteiger partial charge is 0.158 e. The minimum absolute atomic E-state index is 0.199. The van der Waals surface area contributed by atoms with Crippen molar-refractivity contribution in [1.82, 2.24) is 4.98 Å². The molecule has 1 atom stereocenters. The molecule has 0 aliphatic heterocycles. The van der Waals surface area contributed by atoms with Gasteiger partial charge in [-0.25, -0.2) is 9.19 Å². The van der Waals surface area contributed by atoms with E-state index < -0.39 is 11.1 Å². The van der Waals surface area contributed by atoms with E-state index in [1.54, 1.807) is 6.20 Å². The average molecular weight is 205 g/mol. The van der Waals surface area contributed by atoms with E-state index in [-0.39, 0.29) is 5.75 Å². The lowest BCUT2D eigenvalue weighted by Gasteiger charge is -1.95. The van der Waals surface area contributed by atoms with Gasteiger partial charge in [-0.2, -0.15) is 0 Å². The Balaban J connectivity index is 2.70. The Bertz CT molecular complexity index is 283. The first-order chi connectivity index (χ1) is 5.59.